The first-order chi connectivity index (χ1) is 17.5. The molecule has 1 heterocycles. The van der Waals surface area contributed by atoms with Crippen LogP contribution in [0.5, 0.6) is 5.75 Å². The Morgan fingerprint density at radius 3 is 2.56 bits per heavy atom. The van der Waals surface area contributed by atoms with E-state index >= 15 is 0 Å². The molecule has 0 spiro atoms. The van der Waals surface area contributed by atoms with Gasteiger partial charge >= 0.3 is 0 Å². The number of likely N-dealkylation sites (N-methyl/N-ethyl adjacent to an activating group) is 1. The zero-order valence-corrected chi connectivity index (χ0v) is 20.7. The molecule has 0 fully saturated rings. The van der Waals surface area contributed by atoms with Gasteiger partial charge in [0.25, 0.3) is 11.8 Å². The fourth-order valence-corrected chi connectivity index (χ4v) is 4.22. The first-order valence-corrected chi connectivity index (χ1v) is 12.2. The molecule has 4 aromatic rings. The summed E-state index contributed by atoms with van der Waals surface area (Å²) in [6.07, 6.45) is 2.10. The van der Waals surface area contributed by atoms with Gasteiger partial charge in [0.05, 0.1) is 5.56 Å². The summed E-state index contributed by atoms with van der Waals surface area (Å²) >= 11 is 0. The van der Waals surface area contributed by atoms with Crippen molar-refractivity contribution in [1.82, 2.24) is 9.47 Å². The molecule has 3 aromatic carbocycles. The molecule has 7 heteroatoms. The molecule has 0 aliphatic heterocycles. The number of anilines is 1. The first kappa shape index (κ1) is 25.0. The third-order valence-electron chi connectivity index (χ3n) is 6.32. The molecule has 0 aliphatic carbocycles. The van der Waals surface area contributed by atoms with E-state index in [1.165, 1.54) is 0 Å². The topological polar surface area (TPSA) is 89.6 Å². The van der Waals surface area contributed by atoms with E-state index in [-0.39, 0.29) is 12.5 Å². The van der Waals surface area contributed by atoms with E-state index in [4.69, 9.17) is 10.5 Å². The van der Waals surface area contributed by atoms with Crippen LogP contribution in [0.3, 0.4) is 0 Å². The fourth-order valence-electron chi connectivity index (χ4n) is 4.22. The minimum Gasteiger partial charge on any atom is -0.488 e. The number of ether oxygens (including phenoxy) is 1. The average Bonchev–Trinajstić information content (AvgIpc) is 3.30. The summed E-state index contributed by atoms with van der Waals surface area (Å²) in [5.74, 6) is -0.332. The van der Waals surface area contributed by atoms with Crippen molar-refractivity contribution in [2.75, 3.05) is 25.0 Å². The number of nitrogens with two attached hydrogens (primary N) is 1. The van der Waals surface area contributed by atoms with Gasteiger partial charge in [0.1, 0.15) is 12.4 Å². The molecule has 2 amide bonds. The largest absolute Gasteiger partial charge is 0.488 e. The van der Waals surface area contributed by atoms with Gasteiger partial charge in [-0.1, -0.05) is 38.1 Å². The highest BCUT2D eigenvalue weighted by Crippen LogP contribution is 2.22. The predicted octanol–water partition coefficient (Wildman–Crippen LogP) is 4.91. The Bertz CT molecular complexity index is 1360. The van der Waals surface area contributed by atoms with Crippen LogP contribution in [0.1, 0.15) is 40.1 Å². The Morgan fingerprint density at radius 1 is 0.972 bits per heavy atom. The van der Waals surface area contributed by atoms with Crippen molar-refractivity contribution in [2.24, 2.45) is 5.73 Å². The molecule has 0 atom stereocenters. The molecular weight excluding hydrogens is 452 g/mol. The number of amides is 2. The number of primary amides is 1. The van der Waals surface area contributed by atoms with Crippen molar-refractivity contribution in [1.29, 1.82) is 0 Å². The summed E-state index contributed by atoms with van der Waals surface area (Å²) in [6, 6.07) is 22.1. The minimum absolute atomic E-state index is 0.199. The van der Waals surface area contributed by atoms with E-state index in [9.17, 15) is 9.59 Å². The second kappa shape index (κ2) is 11.6. The normalized spacial score (nSPS) is 11.1. The zero-order chi connectivity index (χ0) is 25.5. The van der Waals surface area contributed by atoms with Gasteiger partial charge in [-0.25, -0.2) is 0 Å². The maximum absolute atomic E-state index is 12.9. The van der Waals surface area contributed by atoms with Crippen molar-refractivity contribution in [3.63, 3.8) is 0 Å². The van der Waals surface area contributed by atoms with Gasteiger partial charge in [0, 0.05) is 41.4 Å². The number of hydrogen-bond donors (Lipinski definition) is 2. The Labute approximate surface area is 211 Å². The molecular formula is C29H32N4O3. The Kier molecular flexibility index (Phi) is 8.02. The number of carbonyl (C=O) groups is 2. The highest BCUT2D eigenvalue weighted by atomic mass is 16.5. The van der Waals surface area contributed by atoms with Crippen LogP contribution < -0.4 is 15.8 Å². The van der Waals surface area contributed by atoms with Crippen LogP contribution in [0.2, 0.25) is 0 Å². The van der Waals surface area contributed by atoms with Crippen molar-refractivity contribution >= 4 is 28.4 Å². The van der Waals surface area contributed by atoms with Crippen LogP contribution in [-0.4, -0.2) is 40.9 Å². The van der Waals surface area contributed by atoms with Gasteiger partial charge in [-0.15, -0.1) is 0 Å². The molecule has 7 nitrogen and oxygen atoms in total. The van der Waals surface area contributed by atoms with E-state index in [0.717, 1.165) is 48.3 Å². The first-order valence-electron chi connectivity index (χ1n) is 12.2. The number of fused-ring (bicyclic) bond motifs is 1. The minimum atomic E-state index is -0.546. The van der Waals surface area contributed by atoms with Gasteiger partial charge in [-0.3, -0.25) is 9.59 Å². The number of carbonyl (C=O) groups excluding carboxylic acids is 2. The van der Waals surface area contributed by atoms with Crippen molar-refractivity contribution < 1.29 is 14.3 Å². The molecule has 0 aliphatic rings. The predicted molar refractivity (Wildman–Crippen MR) is 143 cm³/mol. The molecule has 36 heavy (non-hydrogen) atoms. The molecule has 0 saturated carbocycles. The van der Waals surface area contributed by atoms with Crippen LogP contribution in [0.15, 0.2) is 79.0 Å². The monoisotopic (exact) mass is 484 g/mol. The smallest absolute Gasteiger partial charge is 0.255 e. The molecule has 1 aromatic heterocycles. The molecule has 3 N–H and O–H groups in total. The van der Waals surface area contributed by atoms with Crippen LogP contribution in [0.25, 0.3) is 10.9 Å². The summed E-state index contributed by atoms with van der Waals surface area (Å²) in [5.41, 5.74) is 8.97. The summed E-state index contributed by atoms with van der Waals surface area (Å²) in [4.78, 5) is 26.9. The third kappa shape index (κ3) is 5.93. The van der Waals surface area contributed by atoms with Crippen molar-refractivity contribution in [2.45, 2.75) is 27.0 Å². The van der Waals surface area contributed by atoms with Gasteiger partial charge in [0.2, 0.25) is 0 Å². The van der Waals surface area contributed by atoms with E-state index < -0.39 is 5.91 Å². The summed E-state index contributed by atoms with van der Waals surface area (Å²) in [5, 5.41) is 4.08. The van der Waals surface area contributed by atoms with E-state index in [0.29, 0.717) is 16.9 Å². The van der Waals surface area contributed by atoms with E-state index in [1.54, 1.807) is 36.4 Å². The standard InChI is InChI=1S/C29H32N4O3/c1-3-32(4-2)16-17-33-15-14-22-19-24(12-13-26(22)33)31-29(35)23-9-7-8-21(18-23)20-36-27-11-6-5-10-25(27)28(30)34/h5-15,18-19H,3-4,16-17,20H2,1-2H3,(H2,30,34)(H,31,35). The summed E-state index contributed by atoms with van der Waals surface area (Å²) < 4.78 is 8.05. The lowest BCUT2D eigenvalue weighted by molar-refractivity contribution is 0.0994. The fraction of sp³-hybridized carbons (Fsp3) is 0.241. The van der Waals surface area contributed by atoms with Crippen LogP contribution in [0.4, 0.5) is 5.69 Å². The van der Waals surface area contributed by atoms with Crippen molar-refractivity contribution in [3.05, 3.63) is 95.7 Å². The second-order valence-electron chi connectivity index (χ2n) is 8.61. The van der Waals surface area contributed by atoms with Crippen molar-refractivity contribution in [3.8, 4) is 5.75 Å². The van der Waals surface area contributed by atoms with Crippen LogP contribution in [-0.2, 0) is 13.2 Å². The lowest BCUT2D eigenvalue weighted by Gasteiger charge is -2.18. The number of benzene rings is 3. The number of para-hydroxylation sites is 1. The van der Waals surface area contributed by atoms with E-state index in [1.807, 2.05) is 30.3 Å². The van der Waals surface area contributed by atoms with Crippen LogP contribution in [0, 0.1) is 0 Å². The number of nitrogens with one attached hydrogen (secondary N) is 1. The quantitative estimate of drug-likeness (QED) is 0.316. The van der Waals surface area contributed by atoms with Gasteiger partial charge < -0.3 is 25.3 Å². The molecule has 186 valence electrons. The highest BCUT2D eigenvalue weighted by molar-refractivity contribution is 6.05. The van der Waals surface area contributed by atoms with Gasteiger partial charge in [-0.2, -0.15) is 0 Å². The lowest BCUT2D eigenvalue weighted by atomic mass is 10.1. The zero-order valence-electron chi connectivity index (χ0n) is 20.7. The summed E-state index contributed by atoms with van der Waals surface area (Å²) in [6.45, 7) is 8.58. The Hall–Kier alpha value is -4.10. The second-order valence-corrected chi connectivity index (χ2v) is 8.61. The SMILES string of the molecule is CCN(CC)CCn1ccc2cc(NC(=O)c3cccc(COc4ccccc4C(N)=O)c3)ccc21. The molecule has 0 radical (unpaired) electrons. The average molecular weight is 485 g/mol. The number of aromatic nitrogens is 1. The maximum Gasteiger partial charge on any atom is 0.255 e. The molecule has 0 bridgehead atoms. The van der Waals surface area contributed by atoms with Gasteiger partial charge in [-0.05, 0) is 67.2 Å². The number of nitrogens with zero attached hydrogens (tertiary/aromatic N) is 2. The van der Waals surface area contributed by atoms with Gasteiger partial charge in [0.15, 0.2) is 0 Å². The molecule has 0 unspecified atom stereocenters. The number of hydrogen-bond acceptors (Lipinski definition) is 4. The lowest BCUT2D eigenvalue weighted by Crippen LogP contribution is -2.26. The molecule has 4 rings (SSSR count). The Morgan fingerprint density at radius 2 is 1.78 bits per heavy atom. The number of rotatable bonds is 11. The van der Waals surface area contributed by atoms with E-state index in [2.05, 4.69) is 40.9 Å². The highest BCUT2D eigenvalue weighted by Gasteiger charge is 2.11. The summed E-state index contributed by atoms with van der Waals surface area (Å²) in [7, 11) is 0. The molecule has 0 saturated heterocycles. The third-order valence-corrected chi connectivity index (χ3v) is 6.32. The Balaban J connectivity index is 1.41. The maximum atomic E-state index is 12.9. The van der Waals surface area contributed by atoms with Crippen LogP contribution >= 0.6 is 0 Å².